The lowest BCUT2D eigenvalue weighted by molar-refractivity contribution is 0.256. The average molecular weight is 475 g/mol. The fraction of sp³-hybridized carbons (Fsp3) is 0.0667. The summed E-state index contributed by atoms with van der Waals surface area (Å²) in [6.07, 6.45) is 1.84. The van der Waals surface area contributed by atoms with Crippen LogP contribution in [-0.4, -0.2) is 4.98 Å². The van der Waals surface area contributed by atoms with Gasteiger partial charge in [0.15, 0.2) is 11.5 Å². The van der Waals surface area contributed by atoms with E-state index in [-0.39, 0.29) is 0 Å². The van der Waals surface area contributed by atoms with Gasteiger partial charge in [0, 0.05) is 0 Å². The molecule has 35 heavy (non-hydrogen) atoms. The van der Waals surface area contributed by atoms with E-state index in [2.05, 4.69) is 11.1 Å². The molecule has 0 spiro atoms. The van der Waals surface area contributed by atoms with Gasteiger partial charge >= 0.3 is 0 Å². The normalized spacial score (nSPS) is 11.2. The van der Waals surface area contributed by atoms with Gasteiger partial charge in [0.25, 0.3) is 0 Å². The summed E-state index contributed by atoms with van der Waals surface area (Å²) in [6.45, 7) is 0.853. The van der Waals surface area contributed by atoms with Crippen LogP contribution >= 0.6 is 11.3 Å². The van der Waals surface area contributed by atoms with Crippen molar-refractivity contribution in [2.75, 3.05) is 0 Å². The summed E-state index contributed by atoms with van der Waals surface area (Å²) >= 11 is 1.51. The number of para-hydroxylation sites is 1. The van der Waals surface area contributed by atoms with Crippen molar-refractivity contribution in [2.45, 2.75) is 13.2 Å². The third kappa shape index (κ3) is 5.57. The smallest absolute Gasteiger partial charge is 0.162 e. The van der Waals surface area contributed by atoms with Crippen molar-refractivity contribution in [3.05, 3.63) is 125 Å². The number of benzene rings is 4. The van der Waals surface area contributed by atoms with Gasteiger partial charge < -0.3 is 9.47 Å². The first kappa shape index (κ1) is 22.4. The highest BCUT2D eigenvalue weighted by Crippen LogP contribution is 2.33. The molecule has 0 saturated carbocycles. The first-order chi connectivity index (χ1) is 17.3. The van der Waals surface area contributed by atoms with Crippen LogP contribution in [0, 0.1) is 11.3 Å². The van der Waals surface area contributed by atoms with Crippen LogP contribution in [0.2, 0.25) is 0 Å². The highest BCUT2D eigenvalue weighted by molar-refractivity contribution is 7.19. The van der Waals surface area contributed by atoms with E-state index in [4.69, 9.17) is 9.47 Å². The van der Waals surface area contributed by atoms with Crippen molar-refractivity contribution in [3.63, 3.8) is 0 Å². The maximum atomic E-state index is 9.84. The molecule has 4 aromatic carbocycles. The number of hydrogen-bond acceptors (Lipinski definition) is 5. The summed E-state index contributed by atoms with van der Waals surface area (Å²) in [5, 5.41) is 10.5. The highest BCUT2D eigenvalue weighted by Gasteiger charge is 2.11. The predicted octanol–water partition coefficient (Wildman–Crippen LogP) is 7.52. The van der Waals surface area contributed by atoms with Crippen molar-refractivity contribution in [1.29, 1.82) is 5.26 Å². The molecule has 0 unspecified atom stereocenters. The van der Waals surface area contributed by atoms with E-state index in [9.17, 15) is 5.26 Å². The minimum atomic E-state index is 0.415. The Hall–Kier alpha value is -4.40. The Morgan fingerprint density at radius 1 is 0.771 bits per heavy atom. The Labute approximate surface area is 208 Å². The third-order valence-electron chi connectivity index (χ3n) is 5.40. The Morgan fingerprint density at radius 3 is 2.06 bits per heavy atom. The molecule has 5 aromatic rings. The molecular formula is C30H22N2O2S. The van der Waals surface area contributed by atoms with Crippen molar-refractivity contribution in [1.82, 2.24) is 4.98 Å². The molecule has 4 nitrogen and oxygen atoms in total. The second kappa shape index (κ2) is 10.7. The van der Waals surface area contributed by atoms with Gasteiger partial charge in [0.2, 0.25) is 0 Å². The Kier molecular flexibility index (Phi) is 6.84. The molecule has 5 heteroatoms. The van der Waals surface area contributed by atoms with Gasteiger partial charge in [-0.25, -0.2) is 4.98 Å². The monoisotopic (exact) mass is 474 g/mol. The van der Waals surface area contributed by atoms with Crippen LogP contribution in [0.4, 0.5) is 0 Å². The minimum absolute atomic E-state index is 0.415. The van der Waals surface area contributed by atoms with Crippen LogP contribution in [0.25, 0.3) is 21.9 Å². The lowest BCUT2D eigenvalue weighted by Gasteiger charge is -2.14. The van der Waals surface area contributed by atoms with Gasteiger partial charge in [0.05, 0.1) is 15.8 Å². The van der Waals surface area contributed by atoms with Crippen LogP contribution < -0.4 is 9.47 Å². The number of hydrogen-bond donors (Lipinski definition) is 0. The quantitative estimate of drug-likeness (QED) is 0.218. The lowest BCUT2D eigenvalue weighted by Crippen LogP contribution is -2.01. The van der Waals surface area contributed by atoms with E-state index in [1.807, 2.05) is 109 Å². The number of nitriles is 1. The van der Waals surface area contributed by atoms with Crippen molar-refractivity contribution in [3.8, 4) is 17.6 Å². The summed E-state index contributed by atoms with van der Waals surface area (Å²) < 4.78 is 13.3. The summed E-state index contributed by atoms with van der Waals surface area (Å²) in [4.78, 5) is 4.63. The zero-order valence-corrected chi connectivity index (χ0v) is 19.7. The lowest BCUT2D eigenvalue weighted by atomic mass is 10.1. The van der Waals surface area contributed by atoms with E-state index in [1.165, 1.54) is 11.3 Å². The molecule has 5 rings (SSSR count). The van der Waals surface area contributed by atoms with Crippen LogP contribution in [0.5, 0.6) is 11.5 Å². The molecule has 0 radical (unpaired) electrons. The molecule has 0 atom stereocenters. The van der Waals surface area contributed by atoms with Gasteiger partial charge in [-0.3, -0.25) is 0 Å². The molecule has 170 valence electrons. The van der Waals surface area contributed by atoms with Crippen molar-refractivity contribution < 1.29 is 9.47 Å². The van der Waals surface area contributed by atoms with Gasteiger partial charge in [0.1, 0.15) is 24.3 Å². The minimum Gasteiger partial charge on any atom is -0.485 e. The number of rotatable bonds is 8. The molecule has 0 amide bonds. The van der Waals surface area contributed by atoms with Crippen molar-refractivity contribution in [2.24, 2.45) is 0 Å². The van der Waals surface area contributed by atoms with Gasteiger partial charge in [-0.05, 0) is 47.0 Å². The number of thiazole rings is 1. The maximum absolute atomic E-state index is 9.84. The summed E-state index contributed by atoms with van der Waals surface area (Å²) in [5.41, 5.74) is 4.39. The van der Waals surface area contributed by atoms with Gasteiger partial charge in [-0.1, -0.05) is 78.9 Å². The largest absolute Gasteiger partial charge is 0.485 e. The third-order valence-corrected chi connectivity index (χ3v) is 6.47. The first-order valence-electron chi connectivity index (χ1n) is 11.2. The number of aromatic nitrogens is 1. The molecule has 0 aliphatic carbocycles. The maximum Gasteiger partial charge on any atom is 0.162 e. The number of fused-ring (bicyclic) bond motifs is 1. The molecule has 0 aliphatic heterocycles. The van der Waals surface area contributed by atoms with E-state index < -0.39 is 0 Å². The number of ether oxygens (including phenoxy) is 2. The Morgan fingerprint density at radius 2 is 1.40 bits per heavy atom. The van der Waals surface area contributed by atoms with Gasteiger partial charge in [-0.15, -0.1) is 11.3 Å². The SMILES string of the molecule is N#C/C(=C/c1ccc(OCc2ccccc2)c(OCc2ccccc2)c1)c1nc2ccccc2s1. The molecular weight excluding hydrogens is 452 g/mol. The number of allylic oxidation sites excluding steroid dienone is 1. The van der Waals surface area contributed by atoms with E-state index >= 15 is 0 Å². The van der Waals surface area contributed by atoms with Crippen LogP contribution in [-0.2, 0) is 13.2 Å². The average Bonchev–Trinajstić information content (AvgIpc) is 3.35. The molecule has 0 fully saturated rings. The van der Waals surface area contributed by atoms with E-state index in [0.29, 0.717) is 35.3 Å². The van der Waals surface area contributed by atoms with Crippen LogP contribution in [0.3, 0.4) is 0 Å². The van der Waals surface area contributed by atoms with Crippen LogP contribution in [0.15, 0.2) is 103 Å². The highest BCUT2D eigenvalue weighted by atomic mass is 32.1. The topological polar surface area (TPSA) is 55.1 Å². The summed E-state index contributed by atoms with van der Waals surface area (Å²) in [5.74, 6) is 1.28. The molecule has 0 aliphatic rings. The fourth-order valence-electron chi connectivity index (χ4n) is 3.61. The zero-order chi connectivity index (χ0) is 23.9. The molecule has 0 saturated heterocycles. The fourth-order valence-corrected chi connectivity index (χ4v) is 4.54. The first-order valence-corrected chi connectivity index (χ1v) is 12.1. The molecule has 1 heterocycles. The summed E-state index contributed by atoms with van der Waals surface area (Å²) in [6, 6.07) is 36.0. The standard InChI is InChI=1S/C30H22N2O2S/c31-19-25(30-32-26-13-7-8-14-29(26)35-30)17-24-15-16-27(33-20-22-9-3-1-4-10-22)28(18-24)34-21-23-11-5-2-6-12-23/h1-18H,20-21H2/b25-17-. The van der Waals surface area contributed by atoms with E-state index in [1.54, 1.807) is 0 Å². The Bertz CT molecular complexity index is 1470. The van der Waals surface area contributed by atoms with Crippen LogP contribution in [0.1, 0.15) is 21.7 Å². The van der Waals surface area contributed by atoms with Gasteiger partial charge in [-0.2, -0.15) is 5.26 Å². The summed E-state index contributed by atoms with van der Waals surface area (Å²) in [7, 11) is 0. The predicted molar refractivity (Wildman–Crippen MR) is 141 cm³/mol. The number of nitrogens with zero attached hydrogens (tertiary/aromatic N) is 2. The second-order valence-corrected chi connectivity index (χ2v) is 8.94. The molecule has 0 N–H and O–H groups in total. The van der Waals surface area contributed by atoms with E-state index in [0.717, 1.165) is 26.9 Å². The molecule has 1 aromatic heterocycles. The second-order valence-electron chi connectivity index (χ2n) is 7.91. The van der Waals surface area contributed by atoms with Crippen molar-refractivity contribution >= 4 is 33.2 Å². The molecule has 0 bridgehead atoms. The Balaban J connectivity index is 1.44. The zero-order valence-electron chi connectivity index (χ0n) is 18.9.